The Hall–Kier alpha value is -2.62. The molecule has 0 atom stereocenters. The second-order valence-electron chi connectivity index (χ2n) is 4.74. The minimum absolute atomic E-state index is 0.104. The lowest BCUT2D eigenvalue weighted by atomic mass is 10.1. The molecule has 5 nitrogen and oxygen atoms in total. The van der Waals surface area contributed by atoms with Gasteiger partial charge in [0.15, 0.2) is 5.83 Å². The molecule has 2 aromatic rings. The van der Waals surface area contributed by atoms with Crippen molar-refractivity contribution >= 4 is 23.5 Å². The topological polar surface area (TPSA) is 65.1 Å². The molecule has 0 saturated carbocycles. The van der Waals surface area contributed by atoms with Crippen molar-refractivity contribution in [3.05, 3.63) is 58.5 Å². The van der Waals surface area contributed by atoms with Crippen molar-refractivity contribution in [1.82, 2.24) is 14.8 Å². The lowest BCUT2D eigenvalue weighted by molar-refractivity contribution is -0.0509. The van der Waals surface area contributed by atoms with Crippen LogP contribution in [-0.4, -0.2) is 20.1 Å². The largest absolute Gasteiger partial charge is 0.289 e. The normalized spacial score (nSPS) is 13.4. The van der Waals surface area contributed by atoms with Crippen molar-refractivity contribution in [1.29, 1.82) is 5.26 Å². The Morgan fingerprint density at radius 3 is 2.95 bits per heavy atom. The first kappa shape index (κ1) is 14.3. The van der Waals surface area contributed by atoms with Crippen molar-refractivity contribution < 1.29 is 9.60 Å². The summed E-state index contributed by atoms with van der Waals surface area (Å²) in [6, 6.07) is 5.32. The van der Waals surface area contributed by atoms with E-state index in [0.717, 1.165) is 11.3 Å². The molecule has 1 N–H and O–H groups in total. The Kier molecular flexibility index (Phi) is 3.45. The maximum atomic E-state index is 13.8. The summed E-state index contributed by atoms with van der Waals surface area (Å²) in [7, 11) is 0. The van der Waals surface area contributed by atoms with E-state index in [1.54, 1.807) is 24.4 Å². The Bertz CT molecular complexity index is 850. The first-order chi connectivity index (χ1) is 10.5. The second-order valence-corrected chi connectivity index (χ2v) is 5.14. The highest BCUT2D eigenvalue weighted by molar-refractivity contribution is 6.32. The van der Waals surface area contributed by atoms with E-state index in [4.69, 9.17) is 11.6 Å². The monoisotopic (exact) mass is 316 g/mol. The molecule has 1 aromatic carbocycles. The number of fused-ring (bicyclic) bond motifs is 1. The van der Waals surface area contributed by atoms with E-state index in [1.807, 2.05) is 6.07 Å². The van der Waals surface area contributed by atoms with Crippen LogP contribution in [0.15, 0.2) is 31.1 Å². The third-order valence-corrected chi connectivity index (χ3v) is 3.57. The molecule has 0 saturated heterocycles. The smallest absolute Gasteiger partial charge is 0.169 e. The molecule has 0 radical (unpaired) electrons. The average Bonchev–Trinajstić information content (AvgIpc) is 2.89. The van der Waals surface area contributed by atoms with Gasteiger partial charge < -0.3 is 0 Å². The molecular weight excluding hydrogens is 307 g/mol. The fourth-order valence-electron chi connectivity index (χ4n) is 2.31. The molecule has 0 spiro atoms. The third kappa shape index (κ3) is 2.26. The van der Waals surface area contributed by atoms with Gasteiger partial charge in [0.25, 0.3) is 0 Å². The maximum Gasteiger partial charge on any atom is 0.169 e. The van der Waals surface area contributed by atoms with E-state index >= 15 is 0 Å². The van der Waals surface area contributed by atoms with E-state index < -0.39 is 5.83 Å². The average molecular weight is 317 g/mol. The van der Waals surface area contributed by atoms with Crippen LogP contribution in [0.2, 0.25) is 5.02 Å². The van der Waals surface area contributed by atoms with Crippen molar-refractivity contribution in [2.75, 3.05) is 0 Å². The summed E-state index contributed by atoms with van der Waals surface area (Å²) in [4.78, 5) is 0. The first-order valence-corrected chi connectivity index (χ1v) is 6.69. The summed E-state index contributed by atoms with van der Waals surface area (Å²) in [6.07, 6.45) is 4.07. The predicted molar refractivity (Wildman–Crippen MR) is 79.8 cm³/mol. The van der Waals surface area contributed by atoms with Crippen LogP contribution in [0.4, 0.5) is 4.39 Å². The lowest BCUT2D eigenvalue weighted by Crippen LogP contribution is -2.15. The van der Waals surface area contributed by atoms with E-state index in [-0.39, 0.29) is 12.2 Å². The van der Waals surface area contributed by atoms with Gasteiger partial charge in [0.2, 0.25) is 0 Å². The van der Waals surface area contributed by atoms with Crippen molar-refractivity contribution in [2.24, 2.45) is 0 Å². The minimum atomic E-state index is -0.653. The molecule has 0 bridgehead atoms. The van der Waals surface area contributed by atoms with Gasteiger partial charge in [0.05, 0.1) is 23.3 Å². The highest BCUT2D eigenvalue weighted by atomic mass is 35.5. The Morgan fingerprint density at radius 1 is 1.50 bits per heavy atom. The number of hydrogen-bond donors (Lipinski definition) is 1. The van der Waals surface area contributed by atoms with E-state index in [1.165, 1.54) is 4.68 Å². The SMILES string of the molecule is C=Cc1cc(Cl)c(-n2cc3c(n2)C(F)=CN(O)C3)c(C#N)c1. The molecule has 7 heteroatoms. The van der Waals surface area contributed by atoms with Gasteiger partial charge in [0, 0.05) is 11.8 Å². The number of benzene rings is 1. The van der Waals surface area contributed by atoms with E-state index in [2.05, 4.69) is 11.7 Å². The first-order valence-electron chi connectivity index (χ1n) is 6.31. The second kappa shape index (κ2) is 5.30. The van der Waals surface area contributed by atoms with E-state index in [9.17, 15) is 14.9 Å². The fourth-order valence-corrected chi connectivity index (χ4v) is 2.62. The number of rotatable bonds is 2. The van der Waals surface area contributed by atoms with Gasteiger partial charge in [-0.1, -0.05) is 24.3 Å². The molecule has 3 rings (SSSR count). The summed E-state index contributed by atoms with van der Waals surface area (Å²) >= 11 is 6.23. The number of halogens is 2. The molecule has 0 amide bonds. The van der Waals surface area contributed by atoms with Crippen LogP contribution in [0.25, 0.3) is 17.6 Å². The van der Waals surface area contributed by atoms with Crippen LogP contribution in [0, 0.1) is 11.3 Å². The van der Waals surface area contributed by atoms with Gasteiger partial charge in [-0.15, -0.1) is 0 Å². The molecule has 2 heterocycles. The summed E-state index contributed by atoms with van der Waals surface area (Å²) in [5, 5.41) is 23.9. The summed E-state index contributed by atoms with van der Waals surface area (Å²) in [6.45, 7) is 3.74. The molecule has 1 aliphatic heterocycles. The molecule has 0 aliphatic carbocycles. The van der Waals surface area contributed by atoms with Crippen molar-refractivity contribution in [3.8, 4) is 11.8 Å². The van der Waals surface area contributed by atoms with Gasteiger partial charge in [0.1, 0.15) is 17.5 Å². The van der Waals surface area contributed by atoms with Crippen LogP contribution >= 0.6 is 11.6 Å². The number of aromatic nitrogens is 2. The zero-order valence-corrected chi connectivity index (χ0v) is 12.0. The minimum Gasteiger partial charge on any atom is -0.289 e. The van der Waals surface area contributed by atoms with Gasteiger partial charge in [-0.3, -0.25) is 10.3 Å². The summed E-state index contributed by atoms with van der Waals surface area (Å²) < 4.78 is 15.2. The standard InChI is InChI=1S/C15H10ClFN4O/c1-2-9-3-10(5-18)15(12(16)4-9)21-7-11-6-20(22)8-13(17)14(11)19-21/h2-4,7-8,22H,1,6H2. The molecule has 0 fully saturated rings. The fraction of sp³-hybridized carbons (Fsp3) is 0.0667. The number of nitriles is 1. The van der Waals surface area contributed by atoms with Crippen LogP contribution < -0.4 is 0 Å². The quantitative estimate of drug-likeness (QED) is 0.920. The number of hydroxylamine groups is 2. The molecule has 1 aliphatic rings. The Labute approximate surface area is 130 Å². The molecular formula is C15H10ClFN4O. The van der Waals surface area contributed by atoms with Crippen LogP contribution in [0.3, 0.4) is 0 Å². The predicted octanol–water partition coefficient (Wildman–Crippen LogP) is 3.51. The molecule has 0 unspecified atom stereocenters. The number of nitrogens with zero attached hydrogens (tertiary/aromatic N) is 4. The number of hydrogen-bond acceptors (Lipinski definition) is 4. The zero-order valence-electron chi connectivity index (χ0n) is 11.3. The maximum absolute atomic E-state index is 13.8. The van der Waals surface area contributed by atoms with Crippen molar-refractivity contribution in [3.63, 3.8) is 0 Å². The third-order valence-electron chi connectivity index (χ3n) is 3.28. The Morgan fingerprint density at radius 2 is 2.27 bits per heavy atom. The van der Waals surface area contributed by atoms with Crippen LogP contribution in [0.5, 0.6) is 0 Å². The Balaban J connectivity index is 2.18. The molecule has 110 valence electrons. The molecule has 22 heavy (non-hydrogen) atoms. The highest BCUT2D eigenvalue weighted by Crippen LogP contribution is 2.30. The van der Waals surface area contributed by atoms with Gasteiger partial charge in [-0.25, -0.2) is 9.07 Å². The van der Waals surface area contributed by atoms with Crippen LogP contribution in [-0.2, 0) is 6.54 Å². The van der Waals surface area contributed by atoms with Crippen molar-refractivity contribution in [2.45, 2.75) is 6.54 Å². The zero-order chi connectivity index (χ0) is 15.9. The van der Waals surface area contributed by atoms with E-state index in [0.29, 0.717) is 27.4 Å². The summed E-state index contributed by atoms with van der Waals surface area (Å²) in [5.74, 6) is -0.653. The lowest BCUT2D eigenvalue weighted by Gasteiger charge is -2.15. The molecule has 1 aromatic heterocycles. The van der Waals surface area contributed by atoms with Gasteiger partial charge in [-0.05, 0) is 17.7 Å². The van der Waals surface area contributed by atoms with Crippen LogP contribution in [0.1, 0.15) is 22.4 Å². The highest BCUT2D eigenvalue weighted by Gasteiger charge is 2.22. The van der Waals surface area contributed by atoms with Gasteiger partial charge >= 0.3 is 0 Å². The van der Waals surface area contributed by atoms with Gasteiger partial charge in [-0.2, -0.15) is 10.4 Å². The summed E-state index contributed by atoms with van der Waals surface area (Å²) in [5.41, 5.74) is 1.98.